The van der Waals surface area contributed by atoms with Crippen molar-refractivity contribution in [3.63, 3.8) is 0 Å². The number of hydrogen-bond donors (Lipinski definition) is 1. The predicted octanol–water partition coefficient (Wildman–Crippen LogP) is 3.71. The van der Waals surface area contributed by atoms with Crippen LogP contribution in [0.15, 0.2) is 24.3 Å². The third kappa shape index (κ3) is 5.40. The summed E-state index contributed by atoms with van der Waals surface area (Å²) in [6.07, 6.45) is 2.09. The summed E-state index contributed by atoms with van der Waals surface area (Å²) in [5, 5.41) is 3.00. The monoisotopic (exact) mass is 390 g/mol. The van der Waals surface area contributed by atoms with Gasteiger partial charge in [-0.05, 0) is 31.5 Å². The van der Waals surface area contributed by atoms with Crippen molar-refractivity contribution in [1.29, 1.82) is 0 Å². The van der Waals surface area contributed by atoms with Crippen LogP contribution in [0.3, 0.4) is 0 Å². The summed E-state index contributed by atoms with van der Waals surface area (Å²) in [5.41, 5.74) is 0.818. The van der Waals surface area contributed by atoms with E-state index in [0.717, 1.165) is 19.4 Å². The van der Waals surface area contributed by atoms with Gasteiger partial charge >= 0.3 is 5.97 Å². The second-order valence-corrected chi connectivity index (χ2v) is 6.48. The number of halogens is 1. The topological polar surface area (TPSA) is 84.4 Å². The number of nitrogens with zero attached hydrogens (tertiary/aromatic N) is 3. The minimum Gasteiger partial charge on any atom is -0.465 e. The summed E-state index contributed by atoms with van der Waals surface area (Å²) < 4.78 is 4.69. The maximum atomic E-state index is 12.7. The molecule has 1 amide bonds. The Morgan fingerprint density at radius 1 is 1.26 bits per heavy atom. The zero-order valence-corrected chi connectivity index (χ0v) is 16.6. The van der Waals surface area contributed by atoms with Crippen molar-refractivity contribution in [2.24, 2.45) is 0 Å². The highest BCUT2D eigenvalue weighted by Gasteiger charge is 2.16. The van der Waals surface area contributed by atoms with E-state index in [1.807, 2.05) is 11.9 Å². The second-order valence-electron chi connectivity index (χ2n) is 6.07. The van der Waals surface area contributed by atoms with Crippen molar-refractivity contribution < 1.29 is 14.3 Å². The number of aromatic nitrogens is 2. The first-order chi connectivity index (χ1) is 12.8. The summed E-state index contributed by atoms with van der Waals surface area (Å²) in [4.78, 5) is 34.9. The van der Waals surface area contributed by atoms with Gasteiger partial charge in [0.2, 0.25) is 0 Å². The third-order valence-electron chi connectivity index (χ3n) is 3.93. The fourth-order valence-corrected chi connectivity index (χ4v) is 2.59. The second kappa shape index (κ2) is 9.32. The van der Waals surface area contributed by atoms with Gasteiger partial charge in [-0.1, -0.05) is 24.9 Å². The molecule has 0 saturated carbocycles. The molecule has 1 N–H and O–H groups in total. The summed E-state index contributed by atoms with van der Waals surface area (Å²) in [6.45, 7) is 4.68. The normalized spacial score (nSPS) is 10.4. The summed E-state index contributed by atoms with van der Waals surface area (Å²) in [6, 6.07) is 6.16. The van der Waals surface area contributed by atoms with Crippen LogP contribution in [0.2, 0.25) is 5.02 Å². The predicted molar refractivity (Wildman–Crippen MR) is 106 cm³/mol. The largest absolute Gasteiger partial charge is 0.465 e. The average molecular weight is 391 g/mol. The van der Waals surface area contributed by atoms with Crippen LogP contribution in [-0.2, 0) is 4.74 Å². The van der Waals surface area contributed by atoms with Crippen molar-refractivity contribution in [2.45, 2.75) is 26.7 Å². The first-order valence-electron chi connectivity index (χ1n) is 8.61. The molecule has 1 heterocycles. The molecular formula is C19H23ClN4O3. The molecule has 1 aromatic carbocycles. The van der Waals surface area contributed by atoms with Crippen molar-refractivity contribution >= 4 is 35.0 Å². The molecule has 7 nitrogen and oxygen atoms in total. The molecule has 0 aliphatic carbocycles. The number of anilines is 2. The number of aryl methyl sites for hydroxylation is 1. The van der Waals surface area contributed by atoms with Crippen molar-refractivity contribution in [2.75, 3.05) is 30.9 Å². The minimum absolute atomic E-state index is 0.223. The Morgan fingerprint density at radius 3 is 2.67 bits per heavy atom. The lowest BCUT2D eigenvalue weighted by Gasteiger charge is -2.18. The third-order valence-corrected chi connectivity index (χ3v) is 4.26. The van der Waals surface area contributed by atoms with Gasteiger partial charge < -0.3 is 15.0 Å². The van der Waals surface area contributed by atoms with E-state index in [0.29, 0.717) is 22.4 Å². The SMILES string of the molecule is CCCCN(C)c1cc(C(=O)Nc2cc(C(=O)OC)ccc2Cl)nc(C)n1. The highest BCUT2D eigenvalue weighted by Crippen LogP contribution is 2.24. The lowest BCUT2D eigenvalue weighted by Crippen LogP contribution is -2.22. The van der Waals surface area contributed by atoms with E-state index < -0.39 is 11.9 Å². The molecule has 2 aromatic rings. The molecule has 0 aliphatic rings. The molecule has 0 bridgehead atoms. The maximum Gasteiger partial charge on any atom is 0.337 e. The summed E-state index contributed by atoms with van der Waals surface area (Å²) in [7, 11) is 3.21. The molecule has 0 spiro atoms. The number of methoxy groups -OCH3 is 1. The molecule has 0 unspecified atom stereocenters. The number of carbonyl (C=O) groups excluding carboxylic acids is 2. The van der Waals surface area contributed by atoms with Gasteiger partial charge in [-0.15, -0.1) is 0 Å². The van der Waals surface area contributed by atoms with Gasteiger partial charge in [-0.3, -0.25) is 4.79 Å². The molecule has 0 atom stereocenters. The zero-order chi connectivity index (χ0) is 20.0. The quantitative estimate of drug-likeness (QED) is 0.725. The van der Waals surface area contributed by atoms with Gasteiger partial charge in [0.15, 0.2) is 0 Å². The van der Waals surface area contributed by atoms with Gasteiger partial charge in [0.25, 0.3) is 5.91 Å². The number of unbranched alkanes of at least 4 members (excludes halogenated alkanes) is 1. The maximum absolute atomic E-state index is 12.7. The Morgan fingerprint density at radius 2 is 2.00 bits per heavy atom. The van der Waals surface area contributed by atoms with E-state index in [1.165, 1.54) is 25.3 Å². The standard InChI is InChI=1S/C19H23ClN4O3/c1-5-6-9-24(3)17-11-16(21-12(2)22-17)18(25)23-15-10-13(19(26)27-4)7-8-14(15)20/h7-8,10-11H,5-6,9H2,1-4H3,(H,23,25). The molecule has 27 heavy (non-hydrogen) atoms. The number of carbonyl (C=O) groups is 2. The van der Waals surface area contributed by atoms with Crippen LogP contribution in [-0.4, -0.2) is 42.5 Å². The molecule has 0 radical (unpaired) electrons. The Hall–Kier alpha value is -2.67. The van der Waals surface area contributed by atoms with Crippen molar-refractivity contribution in [3.05, 3.63) is 46.4 Å². The number of benzene rings is 1. The molecule has 1 aromatic heterocycles. The van der Waals surface area contributed by atoms with Crippen LogP contribution in [0.4, 0.5) is 11.5 Å². The van der Waals surface area contributed by atoms with E-state index in [1.54, 1.807) is 13.0 Å². The van der Waals surface area contributed by atoms with E-state index >= 15 is 0 Å². The Kier molecular flexibility index (Phi) is 7.12. The first kappa shape index (κ1) is 20.6. The zero-order valence-electron chi connectivity index (χ0n) is 15.9. The van der Waals surface area contributed by atoms with Crippen LogP contribution >= 0.6 is 11.6 Å². The highest BCUT2D eigenvalue weighted by atomic mass is 35.5. The van der Waals surface area contributed by atoms with Gasteiger partial charge in [0, 0.05) is 19.7 Å². The number of esters is 1. The van der Waals surface area contributed by atoms with Crippen molar-refractivity contribution in [3.8, 4) is 0 Å². The Balaban J connectivity index is 2.26. The van der Waals surface area contributed by atoms with Crippen LogP contribution < -0.4 is 10.2 Å². The fraction of sp³-hybridized carbons (Fsp3) is 0.368. The Labute approximate surface area is 163 Å². The van der Waals surface area contributed by atoms with Crippen molar-refractivity contribution in [1.82, 2.24) is 9.97 Å². The van der Waals surface area contributed by atoms with Crippen LogP contribution in [0.5, 0.6) is 0 Å². The first-order valence-corrected chi connectivity index (χ1v) is 8.99. The highest BCUT2D eigenvalue weighted by molar-refractivity contribution is 6.34. The van der Waals surface area contributed by atoms with E-state index in [2.05, 4.69) is 26.9 Å². The van der Waals surface area contributed by atoms with E-state index in [4.69, 9.17) is 11.6 Å². The lowest BCUT2D eigenvalue weighted by atomic mass is 10.2. The summed E-state index contributed by atoms with van der Waals surface area (Å²) >= 11 is 6.14. The number of hydrogen-bond acceptors (Lipinski definition) is 6. The molecular weight excluding hydrogens is 368 g/mol. The van der Waals surface area contributed by atoms with E-state index in [-0.39, 0.29) is 11.3 Å². The summed E-state index contributed by atoms with van der Waals surface area (Å²) in [5.74, 6) is 0.223. The van der Waals surface area contributed by atoms with Crippen LogP contribution in [0.1, 0.15) is 46.4 Å². The molecule has 2 rings (SSSR count). The number of amides is 1. The van der Waals surface area contributed by atoms with Gasteiger partial charge in [0.1, 0.15) is 17.3 Å². The number of ether oxygens (including phenoxy) is 1. The molecule has 0 saturated heterocycles. The molecule has 144 valence electrons. The number of rotatable bonds is 7. The minimum atomic E-state index is -0.514. The van der Waals surface area contributed by atoms with E-state index in [9.17, 15) is 9.59 Å². The fourth-order valence-electron chi connectivity index (χ4n) is 2.43. The van der Waals surface area contributed by atoms with Gasteiger partial charge in [-0.2, -0.15) is 0 Å². The van der Waals surface area contributed by atoms with Crippen LogP contribution in [0.25, 0.3) is 0 Å². The van der Waals surface area contributed by atoms with Crippen LogP contribution in [0, 0.1) is 6.92 Å². The molecule has 0 fully saturated rings. The Bertz CT molecular complexity index is 842. The molecule has 8 heteroatoms. The van der Waals surface area contributed by atoms with Gasteiger partial charge in [0.05, 0.1) is 23.4 Å². The van der Waals surface area contributed by atoms with Gasteiger partial charge in [-0.25, -0.2) is 14.8 Å². The lowest BCUT2D eigenvalue weighted by molar-refractivity contribution is 0.0600. The molecule has 0 aliphatic heterocycles. The number of nitrogens with one attached hydrogen (secondary N) is 1. The smallest absolute Gasteiger partial charge is 0.337 e. The average Bonchev–Trinajstić information content (AvgIpc) is 2.66.